The normalized spacial score (nSPS) is 11.4. The van der Waals surface area contributed by atoms with Gasteiger partial charge in [0.15, 0.2) is 0 Å². The number of carbonyl (C=O) groups excluding carboxylic acids is 1. The number of hydrogen-bond acceptors (Lipinski definition) is 2. The van der Waals surface area contributed by atoms with Gasteiger partial charge in [-0.2, -0.15) is 24.5 Å². The Bertz CT molecular complexity index is 575. The second-order valence-corrected chi connectivity index (χ2v) is 5.15. The second-order valence-electron chi connectivity index (χ2n) is 4.37. The summed E-state index contributed by atoms with van der Waals surface area (Å²) in [6, 6.07) is 6.16. The van der Waals surface area contributed by atoms with Gasteiger partial charge in [-0.3, -0.25) is 4.79 Å². The lowest BCUT2D eigenvalue weighted by Crippen LogP contribution is -2.26. The molecule has 106 valence electrons. The molecule has 0 saturated carbocycles. The van der Waals surface area contributed by atoms with Gasteiger partial charge in [0.2, 0.25) is 0 Å². The zero-order valence-corrected chi connectivity index (χ0v) is 11.5. The number of benzene rings is 1. The fourth-order valence-corrected chi connectivity index (χ4v) is 2.41. The van der Waals surface area contributed by atoms with Crippen LogP contribution in [0, 0.1) is 0 Å². The molecule has 1 heterocycles. The monoisotopic (exact) mass is 299 g/mol. The summed E-state index contributed by atoms with van der Waals surface area (Å²) in [5.41, 5.74) is 0.489. The number of thiophene rings is 1. The van der Waals surface area contributed by atoms with E-state index in [0.717, 1.165) is 17.7 Å². The Morgan fingerprint density at radius 1 is 1.20 bits per heavy atom. The summed E-state index contributed by atoms with van der Waals surface area (Å²) in [5, 5.41) is 3.84. The Morgan fingerprint density at radius 2 is 1.85 bits per heavy atom. The van der Waals surface area contributed by atoms with Gasteiger partial charge in [-0.05, 0) is 46.7 Å². The van der Waals surface area contributed by atoms with Crippen molar-refractivity contribution in [2.75, 3.05) is 7.05 Å². The van der Waals surface area contributed by atoms with Crippen molar-refractivity contribution in [1.29, 1.82) is 0 Å². The number of rotatable bonds is 3. The highest BCUT2D eigenvalue weighted by molar-refractivity contribution is 7.07. The fourth-order valence-electron chi connectivity index (χ4n) is 1.75. The molecule has 2 rings (SSSR count). The molecule has 0 spiro atoms. The summed E-state index contributed by atoms with van der Waals surface area (Å²) in [4.78, 5) is 13.6. The highest BCUT2D eigenvalue weighted by Gasteiger charge is 2.30. The van der Waals surface area contributed by atoms with Crippen molar-refractivity contribution in [3.63, 3.8) is 0 Å². The molecule has 0 aliphatic heterocycles. The van der Waals surface area contributed by atoms with E-state index in [9.17, 15) is 18.0 Å². The predicted octanol–water partition coefficient (Wildman–Crippen LogP) is 4.04. The Hall–Kier alpha value is -1.82. The molecule has 0 saturated heterocycles. The Balaban J connectivity index is 2.09. The topological polar surface area (TPSA) is 20.3 Å². The molecule has 1 aromatic carbocycles. The van der Waals surface area contributed by atoms with E-state index in [2.05, 4.69) is 0 Å². The van der Waals surface area contributed by atoms with Gasteiger partial charge < -0.3 is 4.90 Å². The molecule has 6 heteroatoms. The molecule has 20 heavy (non-hydrogen) atoms. The van der Waals surface area contributed by atoms with E-state index in [1.807, 2.05) is 16.8 Å². The number of hydrogen-bond donors (Lipinski definition) is 0. The molecule has 1 aromatic heterocycles. The van der Waals surface area contributed by atoms with E-state index in [0.29, 0.717) is 6.54 Å². The number of nitrogens with zero attached hydrogens (tertiary/aromatic N) is 1. The van der Waals surface area contributed by atoms with Crippen LogP contribution < -0.4 is 0 Å². The minimum absolute atomic E-state index is 0.246. The molecule has 0 atom stereocenters. The first-order chi connectivity index (χ1) is 9.38. The zero-order chi connectivity index (χ0) is 14.8. The molecule has 0 radical (unpaired) electrons. The van der Waals surface area contributed by atoms with Crippen molar-refractivity contribution in [3.8, 4) is 0 Å². The third kappa shape index (κ3) is 3.39. The summed E-state index contributed by atoms with van der Waals surface area (Å²) in [6.45, 7) is 0.434. The Kier molecular flexibility index (Phi) is 4.13. The van der Waals surface area contributed by atoms with Crippen LogP contribution >= 0.6 is 11.3 Å². The van der Waals surface area contributed by atoms with Gasteiger partial charge in [0.05, 0.1) is 5.56 Å². The van der Waals surface area contributed by atoms with Crippen LogP contribution in [0.2, 0.25) is 0 Å². The number of halogens is 3. The minimum atomic E-state index is -4.38. The lowest BCUT2D eigenvalue weighted by Gasteiger charge is -2.17. The highest BCUT2D eigenvalue weighted by Crippen LogP contribution is 2.29. The number of alkyl halides is 3. The van der Waals surface area contributed by atoms with Crippen LogP contribution in [0.15, 0.2) is 41.1 Å². The molecule has 2 nitrogen and oxygen atoms in total. The average molecular weight is 299 g/mol. The van der Waals surface area contributed by atoms with Gasteiger partial charge in [-0.1, -0.05) is 0 Å². The molecule has 0 fully saturated rings. The molecular weight excluding hydrogens is 287 g/mol. The van der Waals surface area contributed by atoms with Gasteiger partial charge >= 0.3 is 6.18 Å². The maximum Gasteiger partial charge on any atom is 0.416 e. The maximum absolute atomic E-state index is 12.4. The van der Waals surface area contributed by atoms with Crippen molar-refractivity contribution >= 4 is 17.2 Å². The van der Waals surface area contributed by atoms with E-state index in [-0.39, 0.29) is 11.5 Å². The third-order valence-corrected chi connectivity index (χ3v) is 3.54. The van der Waals surface area contributed by atoms with Crippen LogP contribution in [0.1, 0.15) is 21.5 Å². The average Bonchev–Trinajstić information content (AvgIpc) is 2.90. The van der Waals surface area contributed by atoms with Crippen molar-refractivity contribution < 1.29 is 18.0 Å². The molecule has 0 bridgehead atoms. The predicted molar refractivity (Wildman–Crippen MR) is 71.6 cm³/mol. The van der Waals surface area contributed by atoms with E-state index >= 15 is 0 Å². The molecular formula is C14H12F3NOS. The summed E-state index contributed by atoms with van der Waals surface area (Å²) >= 11 is 1.53. The summed E-state index contributed by atoms with van der Waals surface area (Å²) in [6.07, 6.45) is -4.38. The molecule has 0 aliphatic rings. The largest absolute Gasteiger partial charge is 0.416 e. The van der Waals surface area contributed by atoms with Gasteiger partial charge in [0.25, 0.3) is 5.91 Å². The minimum Gasteiger partial charge on any atom is -0.337 e. The van der Waals surface area contributed by atoms with Crippen molar-refractivity contribution in [2.24, 2.45) is 0 Å². The van der Waals surface area contributed by atoms with Crippen LogP contribution in [0.4, 0.5) is 13.2 Å². The molecule has 0 unspecified atom stereocenters. The lowest BCUT2D eigenvalue weighted by molar-refractivity contribution is -0.137. The van der Waals surface area contributed by atoms with E-state index in [1.165, 1.54) is 28.4 Å². The van der Waals surface area contributed by atoms with Crippen molar-refractivity contribution in [1.82, 2.24) is 4.90 Å². The smallest absolute Gasteiger partial charge is 0.337 e. The molecule has 0 N–H and O–H groups in total. The standard InChI is InChI=1S/C14H12F3NOS/c1-18(8-10-6-7-20-9-10)13(19)11-2-4-12(5-3-11)14(15,16)17/h2-7,9H,8H2,1H3. The third-order valence-electron chi connectivity index (χ3n) is 2.81. The first-order valence-electron chi connectivity index (χ1n) is 5.82. The van der Waals surface area contributed by atoms with Crippen LogP contribution in [-0.2, 0) is 12.7 Å². The number of amides is 1. The second kappa shape index (κ2) is 5.66. The first-order valence-corrected chi connectivity index (χ1v) is 6.76. The van der Waals surface area contributed by atoms with Gasteiger partial charge in [0.1, 0.15) is 0 Å². The number of carbonyl (C=O) groups is 1. The van der Waals surface area contributed by atoms with Crippen molar-refractivity contribution in [3.05, 3.63) is 57.8 Å². The maximum atomic E-state index is 12.4. The van der Waals surface area contributed by atoms with E-state index < -0.39 is 11.7 Å². The Labute approximate surface area is 118 Å². The Morgan fingerprint density at radius 3 is 2.35 bits per heavy atom. The quantitative estimate of drug-likeness (QED) is 0.837. The zero-order valence-electron chi connectivity index (χ0n) is 10.6. The van der Waals surface area contributed by atoms with Crippen LogP contribution in [0.25, 0.3) is 0 Å². The molecule has 1 amide bonds. The molecule has 0 aliphatic carbocycles. The summed E-state index contributed by atoms with van der Waals surface area (Å²) in [5.74, 6) is -0.301. The summed E-state index contributed by atoms with van der Waals surface area (Å²) < 4.78 is 37.3. The van der Waals surface area contributed by atoms with Gasteiger partial charge in [-0.15, -0.1) is 0 Å². The first kappa shape index (κ1) is 14.6. The van der Waals surface area contributed by atoms with Crippen LogP contribution in [0.5, 0.6) is 0 Å². The summed E-state index contributed by atoms with van der Waals surface area (Å²) in [7, 11) is 1.62. The van der Waals surface area contributed by atoms with Gasteiger partial charge in [-0.25, -0.2) is 0 Å². The van der Waals surface area contributed by atoms with Gasteiger partial charge in [0, 0.05) is 19.2 Å². The molecule has 2 aromatic rings. The van der Waals surface area contributed by atoms with Crippen LogP contribution in [-0.4, -0.2) is 17.9 Å². The highest BCUT2D eigenvalue weighted by atomic mass is 32.1. The van der Waals surface area contributed by atoms with Crippen molar-refractivity contribution in [2.45, 2.75) is 12.7 Å². The van der Waals surface area contributed by atoms with E-state index in [4.69, 9.17) is 0 Å². The van der Waals surface area contributed by atoms with E-state index in [1.54, 1.807) is 7.05 Å². The van der Waals surface area contributed by atoms with Crippen LogP contribution in [0.3, 0.4) is 0 Å². The fraction of sp³-hybridized carbons (Fsp3) is 0.214. The lowest BCUT2D eigenvalue weighted by atomic mass is 10.1. The SMILES string of the molecule is CN(Cc1ccsc1)C(=O)c1ccc(C(F)(F)F)cc1.